The van der Waals surface area contributed by atoms with E-state index in [4.69, 9.17) is 14.2 Å². The molecule has 0 fully saturated rings. The molecule has 0 saturated heterocycles. The number of carbonyl (C=O) groups excluding carboxylic acids is 2. The SMILES string of the molecule is Cc1cc(OC=O)ccc1OCCCCOc1ccc(C(=O)CC(C)C)c(O)c1C. The molecule has 0 aromatic heterocycles. The third-order valence-corrected chi connectivity index (χ3v) is 4.66. The summed E-state index contributed by atoms with van der Waals surface area (Å²) >= 11 is 0. The van der Waals surface area contributed by atoms with Crippen molar-refractivity contribution in [2.24, 2.45) is 5.92 Å². The van der Waals surface area contributed by atoms with Gasteiger partial charge in [0, 0.05) is 12.0 Å². The van der Waals surface area contributed by atoms with Gasteiger partial charge in [0.05, 0.1) is 18.8 Å². The molecule has 0 bridgehead atoms. The summed E-state index contributed by atoms with van der Waals surface area (Å²) in [6.45, 7) is 9.00. The van der Waals surface area contributed by atoms with Gasteiger partial charge in [-0.3, -0.25) is 9.59 Å². The lowest BCUT2D eigenvalue weighted by Crippen LogP contribution is -2.06. The maximum Gasteiger partial charge on any atom is 0.298 e. The van der Waals surface area contributed by atoms with Gasteiger partial charge in [-0.1, -0.05) is 13.8 Å². The zero-order chi connectivity index (χ0) is 22.1. The van der Waals surface area contributed by atoms with E-state index in [2.05, 4.69) is 0 Å². The number of unbranched alkanes of at least 4 members (excludes halogenated alkanes) is 1. The zero-order valence-electron chi connectivity index (χ0n) is 18.1. The number of phenols is 1. The first-order valence-electron chi connectivity index (χ1n) is 10.2. The first-order chi connectivity index (χ1) is 14.3. The molecular weight excluding hydrogens is 384 g/mol. The van der Waals surface area contributed by atoms with E-state index in [9.17, 15) is 14.7 Å². The maximum absolute atomic E-state index is 12.2. The Morgan fingerprint density at radius 1 is 1.03 bits per heavy atom. The lowest BCUT2D eigenvalue weighted by molar-refractivity contribution is -0.120. The first-order valence-corrected chi connectivity index (χ1v) is 10.2. The number of Topliss-reactive ketones (excluding diaryl/α,β-unsaturated/α-hetero) is 1. The summed E-state index contributed by atoms with van der Waals surface area (Å²) in [7, 11) is 0. The van der Waals surface area contributed by atoms with Gasteiger partial charge in [-0.15, -0.1) is 0 Å². The maximum atomic E-state index is 12.2. The monoisotopic (exact) mass is 414 g/mol. The van der Waals surface area contributed by atoms with Crippen molar-refractivity contribution in [3.05, 3.63) is 47.0 Å². The largest absolute Gasteiger partial charge is 0.507 e. The van der Waals surface area contributed by atoms with Crippen LogP contribution in [0.15, 0.2) is 30.3 Å². The number of ketones is 1. The van der Waals surface area contributed by atoms with E-state index in [1.54, 1.807) is 37.3 Å². The van der Waals surface area contributed by atoms with E-state index in [-0.39, 0.29) is 17.5 Å². The van der Waals surface area contributed by atoms with Crippen LogP contribution >= 0.6 is 0 Å². The van der Waals surface area contributed by atoms with Crippen molar-refractivity contribution < 1.29 is 28.9 Å². The Morgan fingerprint density at radius 2 is 1.67 bits per heavy atom. The van der Waals surface area contributed by atoms with Gasteiger partial charge in [0.15, 0.2) is 5.78 Å². The number of aryl methyl sites for hydroxylation is 1. The zero-order valence-corrected chi connectivity index (χ0v) is 18.1. The predicted molar refractivity (Wildman–Crippen MR) is 115 cm³/mol. The topological polar surface area (TPSA) is 82.1 Å². The van der Waals surface area contributed by atoms with Crippen LogP contribution in [0.1, 0.15) is 54.6 Å². The molecule has 2 aromatic rings. The molecule has 1 N–H and O–H groups in total. The third-order valence-electron chi connectivity index (χ3n) is 4.66. The van der Waals surface area contributed by atoms with Gasteiger partial charge in [0.25, 0.3) is 6.47 Å². The molecule has 0 spiro atoms. The lowest BCUT2D eigenvalue weighted by Gasteiger charge is -2.14. The van der Waals surface area contributed by atoms with E-state index >= 15 is 0 Å². The van der Waals surface area contributed by atoms with E-state index in [0.717, 1.165) is 24.2 Å². The highest BCUT2D eigenvalue weighted by molar-refractivity contribution is 5.99. The summed E-state index contributed by atoms with van der Waals surface area (Å²) in [5, 5.41) is 10.4. The first kappa shape index (κ1) is 23.3. The van der Waals surface area contributed by atoms with Crippen LogP contribution in [0, 0.1) is 19.8 Å². The molecule has 6 nitrogen and oxygen atoms in total. The van der Waals surface area contributed by atoms with Gasteiger partial charge in [-0.05, 0) is 68.5 Å². The van der Waals surface area contributed by atoms with Crippen molar-refractivity contribution in [1.82, 2.24) is 0 Å². The average Bonchev–Trinajstić information content (AvgIpc) is 2.68. The molecule has 0 atom stereocenters. The Kier molecular flexibility index (Phi) is 8.71. The second kappa shape index (κ2) is 11.2. The van der Waals surface area contributed by atoms with Crippen LogP contribution < -0.4 is 14.2 Å². The fourth-order valence-electron chi connectivity index (χ4n) is 3.02. The summed E-state index contributed by atoms with van der Waals surface area (Å²) in [4.78, 5) is 22.6. The molecule has 0 radical (unpaired) electrons. The molecule has 0 unspecified atom stereocenters. The van der Waals surface area contributed by atoms with Crippen molar-refractivity contribution in [1.29, 1.82) is 0 Å². The van der Waals surface area contributed by atoms with Crippen molar-refractivity contribution in [3.63, 3.8) is 0 Å². The Morgan fingerprint density at radius 3 is 2.27 bits per heavy atom. The van der Waals surface area contributed by atoms with Crippen LogP contribution in [0.5, 0.6) is 23.0 Å². The highest BCUT2D eigenvalue weighted by Crippen LogP contribution is 2.32. The van der Waals surface area contributed by atoms with Crippen LogP contribution in [-0.4, -0.2) is 30.6 Å². The number of phenolic OH excluding ortho intramolecular Hbond substituents is 1. The quantitative estimate of drug-likeness (QED) is 0.299. The Bertz CT molecular complexity index is 872. The van der Waals surface area contributed by atoms with Crippen LogP contribution in [-0.2, 0) is 4.79 Å². The fourth-order valence-corrected chi connectivity index (χ4v) is 3.02. The number of hydrogen-bond acceptors (Lipinski definition) is 6. The minimum Gasteiger partial charge on any atom is -0.507 e. The van der Waals surface area contributed by atoms with Gasteiger partial charge >= 0.3 is 0 Å². The molecule has 0 saturated carbocycles. The minimum absolute atomic E-state index is 0.000959. The summed E-state index contributed by atoms with van der Waals surface area (Å²) in [6, 6.07) is 8.58. The minimum atomic E-state index is -0.0599. The molecule has 0 aliphatic heterocycles. The normalized spacial score (nSPS) is 10.7. The molecule has 2 aromatic carbocycles. The van der Waals surface area contributed by atoms with E-state index in [1.807, 2.05) is 20.8 Å². The van der Waals surface area contributed by atoms with Gasteiger partial charge in [-0.2, -0.15) is 0 Å². The third kappa shape index (κ3) is 6.51. The van der Waals surface area contributed by atoms with E-state index in [0.29, 0.717) is 48.7 Å². The van der Waals surface area contributed by atoms with Crippen LogP contribution in [0.2, 0.25) is 0 Å². The van der Waals surface area contributed by atoms with E-state index in [1.165, 1.54) is 0 Å². The van der Waals surface area contributed by atoms with Gasteiger partial charge in [0.2, 0.25) is 0 Å². The van der Waals surface area contributed by atoms with E-state index < -0.39 is 0 Å². The van der Waals surface area contributed by atoms with Gasteiger partial charge in [0.1, 0.15) is 23.0 Å². The standard InChI is InChI=1S/C24H30O6/c1-16(2)13-21(26)20-8-10-23(18(4)24(20)27)29-12-6-5-11-28-22-9-7-19(30-15-25)14-17(22)3/h7-10,14-16,27H,5-6,11-13H2,1-4H3. The van der Waals surface area contributed by atoms with Crippen LogP contribution in [0.25, 0.3) is 0 Å². The number of carbonyl (C=O) groups is 2. The van der Waals surface area contributed by atoms with Crippen LogP contribution in [0.3, 0.4) is 0 Å². The Hall–Kier alpha value is -3.02. The van der Waals surface area contributed by atoms with Crippen LogP contribution in [0.4, 0.5) is 0 Å². The Balaban J connectivity index is 1.78. The molecular formula is C24H30O6. The molecule has 0 aliphatic rings. The highest BCUT2D eigenvalue weighted by atomic mass is 16.5. The summed E-state index contributed by atoms with van der Waals surface area (Å²) < 4.78 is 16.3. The number of rotatable bonds is 12. The highest BCUT2D eigenvalue weighted by Gasteiger charge is 2.17. The van der Waals surface area contributed by atoms with Crippen molar-refractivity contribution >= 4 is 12.3 Å². The van der Waals surface area contributed by atoms with Crippen molar-refractivity contribution in [3.8, 4) is 23.0 Å². The van der Waals surface area contributed by atoms with Crippen molar-refractivity contribution in [2.45, 2.75) is 47.0 Å². The summed E-state index contributed by atoms with van der Waals surface area (Å²) in [5.41, 5.74) is 1.82. The molecule has 30 heavy (non-hydrogen) atoms. The Labute approximate surface area is 177 Å². The number of benzene rings is 2. The smallest absolute Gasteiger partial charge is 0.298 e. The van der Waals surface area contributed by atoms with Crippen molar-refractivity contribution in [2.75, 3.05) is 13.2 Å². The number of ether oxygens (including phenoxy) is 3. The lowest BCUT2D eigenvalue weighted by atomic mass is 9.98. The predicted octanol–water partition coefficient (Wildman–Crippen LogP) is 5.01. The summed E-state index contributed by atoms with van der Waals surface area (Å²) in [5.74, 6) is 1.99. The molecule has 162 valence electrons. The average molecular weight is 414 g/mol. The molecule has 0 amide bonds. The second-order valence-electron chi connectivity index (χ2n) is 7.65. The fraction of sp³-hybridized carbons (Fsp3) is 0.417. The molecule has 0 aliphatic carbocycles. The molecule has 0 heterocycles. The summed E-state index contributed by atoms with van der Waals surface area (Å²) in [6.07, 6.45) is 1.97. The number of aromatic hydroxyl groups is 1. The number of hydrogen-bond donors (Lipinski definition) is 1. The van der Waals surface area contributed by atoms with Gasteiger partial charge < -0.3 is 19.3 Å². The molecule has 2 rings (SSSR count). The second-order valence-corrected chi connectivity index (χ2v) is 7.65. The molecule has 6 heteroatoms. The van der Waals surface area contributed by atoms with Gasteiger partial charge in [-0.25, -0.2) is 0 Å².